The predicted molar refractivity (Wildman–Crippen MR) is 65.0 cm³/mol. The predicted octanol–water partition coefficient (Wildman–Crippen LogP) is 1.64. The molecule has 0 radical (unpaired) electrons. The summed E-state index contributed by atoms with van der Waals surface area (Å²) >= 11 is 0. The van der Waals surface area contributed by atoms with Gasteiger partial charge in [0, 0.05) is 6.54 Å². The van der Waals surface area contributed by atoms with Gasteiger partial charge in [0.05, 0.1) is 10.5 Å². The topological polar surface area (TPSA) is 72.2 Å². The fourth-order valence-electron chi connectivity index (χ4n) is 1.45. The van der Waals surface area contributed by atoms with Crippen molar-refractivity contribution < 1.29 is 21.6 Å². The summed E-state index contributed by atoms with van der Waals surface area (Å²) in [4.78, 5) is -0.362. The number of sulfonamides is 1. The van der Waals surface area contributed by atoms with Gasteiger partial charge in [0.25, 0.3) is 0 Å². The molecule has 0 aliphatic rings. The molecule has 108 valence electrons. The van der Waals surface area contributed by atoms with Gasteiger partial charge in [-0.15, -0.1) is 0 Å². The highest BCUT2D eigenvalue weighted by Gasteiger charge is 2.32. The van der Waals surface area contributed by atoms with Crippen LogP contribution in [0.2, 0.25) is 0 Å². The standard InChI is InChI=1S/C11H15F3N2O2S/c1-8-3-4-9(11(12,13)14)7-10(8)19(17,18)16-6-2-5-15/h3-4,7,16H,2,5-6,15H2,1H3. The average molecular weight is 296 g/mol. The van der Waals surface area contributed by atoms with Crippen LogP contribution in [0.1, 0.15) is 17.5 Å². The Bertz CT molecular complexity index is 541. The van der Waals surface area contributed by atoms with E-state index < -0.39 is 21.8 Å². The summed E-state index contributed by atoms with van der Waals surface area (Å²) in [6.07, 6.45) is -4.16. The van der Waals surface area contributed by atoms with Crippen LogP contribution in [-0.2, 0) is 16.2 Å². The van der Waals surface area contributed by atoms with Gasteiger partial charge in [0.1, 0.15) is 0 Å². The number of benzene rings is 1. The zero-order valence-electron chi connectivity index (χ0n) is 10.3. The number of alkyl halides is 3. The van der Waals surface area contributed by atoms with Gasteiger partial charge < -0.3 is 5.73 Å². The first kappa shape index (κ1) is 15.9. The fraction of sp³-hybridized carbons (Fsp3) is 0.455. The lowest BCUT2D eigenvalue weighted by Gasteiger charge is -2.12. The second kappa shape index (κ2) is 5.89. The highest BCUT2D eigenvalue weighted by atomic mass is 32.2. The summed E-state index contributed by atoms with van der Waals surface area (Å²) < 4.78 is 63.7. The molecular weight excluding hydrogens is 281 g/mol. The van der Waals surface area contributed by atoms with Gasteiger partial charge in [-0.25, -0.2) is 13.1 Å². The van der Waals surface area contributed by atoms with E-state index in [1.807, 2.05) is 0 Å². The van der Waals surface area contributed by atoms with Crippen molar-refractivity contribution in [2.24, 2.45) is 5.73 Å². The maximum Gasteiger partial charge on any atom is 0.416 e. The van der Waals surface area contributed by atoms with Crippen LogP contribution in [0.15, 0.2) is 23.1 Å². The van der Waals surface area contributed by atoms with Gasteiger partial charge in [-0.05, 0) is 37.6 Å². The van der Waals surface area contributed by atoms with Crippen LogP contribution in [0.3, 0.4) is 0 Å². The summed E-state index contributed by atoms with van der Waals surface area (Å²) in [6, 6.07) is 2.63. The Balaban J connectivity index is 3.12. The van der Waals surface area contributed by atoms with Crippen LogP contribution in [0.4, 0.5) is 13.2 Å². The van der Waals surface area contributed by atoms with E-state index in [4.69, 9.17) is 5.73 Å². The van der Waals surface area contributed by atoms with E-state index in [1.165, 1.54) is 6.92 Å². The SMILES string of the molecule is Cc1ccc(C(F)(F)F)cc1S(=O)(=O)NCCCN. The fourth-order valence-corrected chi connectivity index (χ4v) is 2.79. The Kier molecular flexibility index (Phi) is 4.94. The van der Waals surface area contributed by atoms with E-state index in [1.54, 1.807) is 0 Å². The Morgan fingerprint density at radius 1 is 1.32 bits per heavy atom. The molecule has 0 saturated carbocycles. The Labute approximate surface area is 109 Å². The minimum Gasteiger partial charge on any atom is -0.330 e. The van der Waals surface area contributed by atoms with Crippen LogP contribution in [0.5, 0.6) is 0 Å². The lowest BCUT2D eigenvalue weighted by Crippen LogP contribution is -2.27. The Morgan fingerprint density at radius 3 is 2.47 bits per heavy atom. The lowest BCUT2D eigenvalue weighted by atomic mass is 10.1. The summed E-state index contributed by atoms with van der Waals surface area (Å²) in [6.45, 7) is 1.83. The zero-order valence-corrected chi connectivity index (χ0v) is 11.1. The smallest absolute Gasteiger partial charge is 0.330 e. The molecule has 0 bridgehead atoms. The van der Waals surface area contributed by atoms with Gasteiger partial charge in [-0.2, -0.15) is 13.2 Å². The maximum atomic E-state index is 12.6. The summed E-state index contributed by atoms with van der Waals surface area (Å²) in [7, 11) is -3.95. The van der Waals surface area contributed by atoms with Crippen LogP contribution in [0, 0.1) is 6.92 Å². The van der Waals surface area contributed by atoms with Crippen molar-refractivity contribution in [3.8, 4) is 0 Å². The molecule has 8 heteroatoms. The quantitative estimate of drug-likeness (QED) is 0.811. The summed E-state index contributed by atoms with van der Waals surface area (Å²) in [5.74, 6) is 0. The van der Waals surface area contributed by atoms with E-state index in [-0.39, 0.29) is 17.0 Å². The van der Waals surface area contributed by atoms with E-state index in [0.29, 0.717) is 19.0 Å². The second-order valence-electron chi connectivity index (χ2n) is 4.02. The van der Waals surface area contributed by atoms with Gasteiger partial charge in [0.15, 0.2) is 0 Å². The van der Waals surface area contributed by atoms with Gasteiger partial charge in [-0.3, -0.25) is 0 Å². The van der Waals surface area contributed by atoms with Crippen molar-refractivity contribution in [2.75, 3.05) is 13.1 Å². The van der Waals surface area contributed by atoms with Gasteiger partial charge in [0.2, 0.25) is 10.0 Å². The third-order valence-electron chi connectivity index (χ3n) is 2.48. The third kappa shape index (κ3) is 4.19. The first-order valence-corrected chi connectivity index (χ1v) is 7.04. The molecule has 0 amide bonds. The first-order chi connectivity index (χ1) is 8.68. The van der Waals surface area contributed by atoms with Crippen molar-refractivity contribution in [1.29, 1.82) is 0 Å². The molecule has 0 fully saturated rings. The molecule has 0 saturated heterocycles. The maximum absolute atomic E-state index is 12.6. The molecule has 0 aromatic heterocycles. The number of aryl methyl sites for hydroxylation is 1. The molecule has 1 aromatic rings. The van der Waals surface area contributed by atoms with Crippen molar-refractivity contribution in [3.05, 3.63) is 29.3 Å². The molecule has 3 N–H and O–H groups in total. The van der Waals surface area contributed by atoms with Crippen LogP contribution < -0.4 is 10.5 Å². The van der Waals surface area contributed by atoms with Gasteiger partial charge in [-0.1, -0.05) is 6.07 Å². The molecule has 0 atom stereocenters. The molecule has 4 nitrogen and oxygen atoms in total. The zero-order chi connectivity index (χ0) is 14.7. The van der Waals surface area contributed by atoms with E-state index in [9.17, 15) is 21.6 Å². The molecular formula is C11H15F3N2O2S. The molecule has 0 heterocycles. The lowest BCUT2D eigenvalue weighted by molar-refractivity contribution is -0.137. The van der Waals surface area contributed by atoms with Crippen molar-refractivity contribution in [3.63, 3.8) is 0 Å². The molecule has 1 aromatic carbocycles. The van der Waals surface area contributed by atoms with E-state index >= 15 is 0 Å². The highest BCUT2D eigenvalue weighted by Crippen LogP contribution is 2.31. The number of halogens is 3. The number of rotatable bonds is 5. The monoisotopic (exact) mass is 296 g/mol. The minimum absolute atomic E-state index is 0.0918. The molecule has 0 aliphatic carbocycles. The third-order valence-corrected chi connectivity index (χ3v) is 4.08. The summed E-state index contributed by atoms with van der Waals surface area (Å²) in [5, 5.41) is 0. The molecule has 1 rings (SSSR count). The largest absolute Gasteiger partial charge is 0.416 e. The number of nitrogens with one attached hydrogen (secondary N) is 1. The highest BCUT2D eigenvalue weighted by molar-refractivity contribution is 7.89. The Morgan fingerprint density at radius 2 is 1.95 bits per heavy atom. The molecule has 0 unspecified atom stereocenters. The second-order valence-corrected chi connectivity index (χ2v) is 5.75. The normalized spacial score (nSPS) is 12.7. The van der Waals surface area contributed by atoms with E-state index in [0.717, 1.165) is 12.1 Å². The van der Waals surface area contributed by atoms with Crippen molar-refractivity contribution in [2.45, 2.75) is 24.4 Å². The molecule has 0 aliphatic heterocycles. The van der Waals surface area contributed by atoms with Crippen LogP contribution >= 0.6 is 0 Å². The van der Waals surface area contributed by atoms with Crippen molar-refractivity contribution >= 4 is 10.0 Å². The van der Waals surface area contributed by atoms with Crippen LogP contribution in [0.25, 0.3) is 0 Å². The number of nitrogens with two attached hydrogens (primary N) is 1. The number of hydrogen-bond donors (Lipinski definition) is 2. The van der Waals surface area contributed by atoms with Crippen LogP contribution in [-0.4, -0.2) is 21.5 Å². The molecule has 19 heavy (non-hydrogen) atoms. The van der Waals surface area contributed by atoms with Gasteiger partial charge >= 0.3 is 6.18 Å². The molecule has 0 spiro atoms. The average Bonchev–Trinajstić information content (AvgIpc) is 2.27. The Hall–Kier alpha value is -1.12. The minimum atomic E-state index is -4.57. The van der Waals surface area contributed by atoms with Crippen molar-refractivity contribution in [1.82, 2.24) is 4.72 Å². The first-order valence-electron chi connectivity index (χ1n) is 5.56. The summed E-state index contributed by atoms with van der Waals surface area (Å²) in [5.41, 5.74) is 4.49. The number of hydrogen-bond acceptors (Lipinski definition) is 3. The van der Waals surface area contributed by atoms with E-state index in [2.05, 4.69) is 4.72 Å².